The molecule has 1 aromatic heterocycles. The zero-order valence-electron chi connectivity index (χ0n) is 9.50. The Bertz CT molecular complexity index is 495. The molecule has 0 spiro atoms. The summed E-state index contributed by atoms with van der Waals surface area (Å²) >= 11 is 1.91. The average Bonchev–Trinajstić information content (AvgIpc) is 2.96. The molecule has 0 fully saturated rings. The predicted molar refractivity (Wildman–Crippen MR) is 70.3 cm³/mol. The first-order chi connectivity index (χ1) is 8.34. The van der Waals surface area contributed by atoms with E-state index in [0.29, 0.717) is 5.92 Å². The molecule has 0 aliphatic carbocycles. The zero-order valence-corrected chi connectivity index (χ0v) is 10.3. The SMILES string of the molecule is NC(Cc1ccoc1)C1CSc2ccccc21. The van der Waals surface area contributed by atoms with Crippen LogP contribution >= 0.6 is 11.8 Å². The monoisotopic (exact) mass is 245 g/mol. The largest absolute Gasteiger partial charge is 0.472 e. The van der Waals surface area contributed by atoms with Crippen molar-refractivity contribution >= 4 is 11.8 Å². The van der Waals surface area contributed by atoms with Crippen LogP contribution in [0.2, 0.25) is 0 Å². The maximum absolute atomic E-state index is 6.33. The van der Waals surface area contributed by atoms with E-state index < -0.39 is 0 Å². The smallest absolute Gasteiger partial charge is 0.0935 e. The van der Waals surface area contributed by atoms with Gasteiger partial charge in [-0.15, -0.1) is 11.8 Å². The Hall–Kier alpha value is -1.19. The van der Waals surface area contributed by atoms with Crippen molar-refractivity contribution in [3.8, 4) is 0 Å². The molecule has 3 rings (SSSR count). The van der Waals surface area contributed by atoms with Gasteiger partial charge in [-0.1, -0.05) is 18.2 Å². The van der Waals surface area contributed by atoms with Crippen LogP contribution in [0.3, 0.4) is 0 Å². The normalized spacial score (nSPS) is 20.2. The second-order valence-corrected chi connectivity index (χ2v) is 5.52. The van der Waals surface area contributed by atoms with E-state index in [1.54, 1.807) is 12.5 Å². The summed E-state index contributed by atoms with van der Waals surface area (Å²) in [5, 5.41) is 0. The lowest BCUT2D eigenvalue weighted by Gasteiger charge is -2.18. The lowest BCUT2D eigenvalue weighted by Crippen LogP contribution is -2.30. The third-order valence-electron chi connectivity index (χ3n) is 3.31. The molecular formula is C14H15NOS. The Balaban J connectivity index is 1.78. The van der Waals surface area contributed by atoms with Gasteiger partial charge in [0.15, 0.2) is 0 Å². The zero-order chi connectivity index (χ0) is 11.7. The maximum atomic E-state index is 6.33. The lowest BCUT2D eigenvalue weighted by atomic mass is 9.90. The fraction of sp³-hybridized carbons (Fsp3) is 0.286. The van der Waals surface area contributed by atoms with Crippen molar-refractivity contribution in [2.24, 2.45) is 5.73 Å². The van der Waals surface area contributed by atoms with Crippen LogP contribution in [0, 0.1) is 0 Å². The minimum absolute atomic E-state index is 0.170. The van der Waals surface area contributed by atoms with Crippen molar-refractivity contribution in [1.82, 2.24) is 0 Å². The van der Waals surface area contributed by atoms with Gasteiger partial charge in [-0.25, -0.2) is 0 Å². The van der Waals surface area contributed by atoms with Crippen LogP contribution in [0.4, 0.5) is 0 Å². The minimum Gasteiger partial charge on any atom is -0.472 e. The maximum Gasteiger partial charge on any atom is 0.0935 e. The van der Waals surface area contributed by atoms with E-state index >= 15 is 0 Å². The Morgan fingerprint density at radius 2 is 2.24 bits per heavy atom. The van der Waals surface area contributed by atoms with Gasteiger partial charge in [0.25, 0.3) is 0 Å². The Morgan fingerprint density at radius 3 is 3.06 bits per heavy atom. The molecule has 1 aliphatic rings. The highest BCUT2D eigenvalue weighted by molar-refractivity contribution is 7.99. The summed E-state index contributed by atoms with van der Waals surface area (Å²) in [6.07, 6.45) is 4.38. The van der Waals surface area contributed by atoms with Crippen molar-refractivity contribution in [2.45, 2.75) is 23.3 Å². The van der Waals surface area contributed by atoms with Gasteiger partial charge in [-0.2, -0.15) is 0 Å². The molecule has 2 nitrogen and oxygen atoms in total. The van der Waals surface area contributed by atoms with Crippen molar-refractivity contribution < 1.29 is 4.42 Å². The van der Waals surface area contributed by atoms with Gasteiger partial charge in [0.2, 0.25) is 0 Å². The quantitative estimate of drug-likeness (QED) is 0.903. The molecule has 2 unspecified atom stereocenters. The Labute approximate surface area is 105 Å². The number of nitrogens with two attached hydrogens (primary N) is 1. The van der Waals surface area contributed by atoms with Crippen LogP contribution in [-0.4, -0.2) is 11.8 Å². The van der Waals surface area contributed by atoms with Crippen LogP contribution in [0.5, 0.6) is 0 Å². The molecule has 2 heterocycles. The first-order valence-corrected chi connectivity index (χ1v) is 6.81. The highest BCUT2D eigenvalue weighted by Crippen LogP contribution is 2.41. The molecule has 1 aromatic carbocycles. The topological polar surface area (TPSA) is 39.2 Å². The fourth-order valence-electron chi connectivity index (χ4n) is 2.37. The van der Waals surface area contributed by atoms with Gasteiger partial charge in [0, 0.05) is 22.6 Å². The molecule has 0 saturated heterocycles. The Morgan fingerprint density at radius 1 is 1.35 bits per heavy atom. The number of benzene rings is 1. The summed E-state index contributed by atoms with van der Waals surface area (Å²) in [6.45, 7) is 0. The van der Waals surface area contributed by atoms with Gasteiger partial charge in [0.1, 0.15) is 0 Å². The summed E-state index contributed by atoms with van der Waals surface area (Å²) < 4.78 is 5.09. The summed E-state index contributed by atoms with van der Waals surface area (Å²) in [7, 11) is 0. The van der Waals surface area contributed by atoms with E-state index in [4.69, 9.17) is 10.2 Å². The molecule has 3 heteroatoms. The van der Waals surface area contributed by atoms with Crippen molar-refractivity contribution in [3.05, 3.63) is 54.0 Å². The van der Waals surface area contributed by atoms with E-state index in [-0.39, 0.29) is 6.04 Å². The first kappa shape index (κ1) is 10.9. The van der Waals surface area contributed by atoms with E-state index in [9.17, 15) is 0 Å². The molecule has 1 aliphatic heterocycles. The number of thioether (sulfide) groups is 1. The number of rotatable bonds is 3. The van der Waals surface area contributed by atoms with Crippen molar-refractivity contribution in [2.75, 3.05) is 5.75 Å². The van der Waals surface area contributed by atoms with E-state index in [1.165, 1.54) is 16.0 Å². The summed E-state index contributed by atoms with van der Waals surface area (Å²) in [5.41, 5.74) is 8.93. The highest BCUT2D eigenvalue weighted by Gasteiger charge is 2.28. The van der Waals surface area contributed by atoms with Gasteiger partial charge < -0.3 is 10.2 Å². The molecule has 88 valence electrons. The fourth-order valence-corrected chi connectivity index (χ4v) is 3.71. The molecule has 2 N–H and O–H groups in total. The number of fused-ring (bicyclic) bond motifs is 1. The lowest BCUT2D eigenvalue weighted by molar-refractivity contribution is 0.546. The van der Waals surface area contributed by atoms with Crippen LogP contribution in [-0.2, 0) is 6.42 Å². The molecule has 0 saturated carbocycles. The second-order valence-electron chi connectivity index (χ2n) is 4.45. The predicted octanol–water partition coefficient (Wildman–Crippen LogP) is 3.04. The molecule has 0 bridgehead atoms. The van der Waals surface area contributed by atoms with Crippen molar-refractivity contribution in [3.63, 3.8) is 0 Å². The second kappa shape index (κ2) is 4.59. The standard InChI is InChI=1S/C14H15NOS/c15-13(7-10-5-6-16-8-10)12-9-17-14-4-2-1-3-11(12)14/h1-6,8,12-13H,7,9,15H2. The van der Waals surface area contributed by atoms with Crippen molar-refractivity contribution in [1.29, 1.82) is 0 Å². The van der Waals surface area contributed by atoms with Gasteiger partial charge >= 0.3 is 0 Å². The van der Waals surface area contributed by atoms with Gasteiger partial charge in [0.05, 0.1) is 12.5 Å². The number of hydrogen-bond acceptors (Lipinski definition) is 3. The summed E-state index contributed by atoms with van der Waals surface area (Å²) in [5.74, 6) is 1.56. The van der Waals surface area contributed by atoms with Crippen LogP contribution in [0.15, 0.2) is 52.2 Å². The molecule has 17 heavy (non-hydrogen) atoms. The first-order valence-electron chi connectivity index (χ1n) is 5.83. The van der Waals surface area contributed by atoms with Crippen LogP contribution in [0.25, 0.3) is 0 Å². The Kier molecular flexibility index (Phi) is 2.95. The van der Waals surface area contributed by atoms with E-state index in [2.05, 4.69) is 24.3 Å². The summed E-state index contributed by atoms with van der Waals surface area (Å²) in [6, 6.07) is 10.7. The molecule has 0 radical (unpaired) electrons. The highest BCUT2D eigenvalue weighted by atomic mass is 32.2. The molecule has 2 atom stereocenters. The minimum atomic E-state index is 0.170. The summed E-state index contributed by atoms with van der Waals surface area (Å²) in [4.78, 5) is 1.39. The third kappa shape index (κ3) is 2.13. The van der Waals surface area contributed by atoms with E-state index in [0.717, 1.165) is 12.2 Å². The van der Waals surface area contributed by atoms with Gasteiger partial charge in [-0.3, -0.25) is 0 Å². The molecule has 0 amide bonds. The molecule has 2 aromatic rings. The van der Waals surface area contributed by atoms with E-state index in [1.807, 2.05) is 17.8 Å². The van der Waals surface area contributed by atoms with Crippen LogP contribution in [0.1, 0.15) is 17.0 Å². The number of furan rings is 1. The van der Waals surface area contributed by atoms with Crippen LogP contribution < -0.4 is 5.73 Å². The van der Waals surface area contributed by atoms with Gasteiger partial charge in [-0.05, 0) is 29.7 Å². The number of hydrogen-bond donors (Lipinski definition) is 1. The third-order valence-corrected chi connectivity index (χ3v) is 4.51. The molecular weight excluding hydrogens is 230 g/mol. The average molecular weight is 245 g/mol.